The molecule has 168 valence electrons. The number of ether oxygens (including phenoxy) is 3. The predicted molar refractivity (Wildman–Crippen MR) is 128 cm³/mol. The molecule has 33 heavy (non-hydrogen) atoms. The number of rotatable bonds is 8. The van der Waals surface area contributed by atoms with Gasteiger partial charge >= 0.3 is 0 Å². The molecule has 0 unspecified atom stereocenters. The van der Waals surface area contributed by atoms with Crippen LogP contribution in [-0.4, -0.2) is 18.0 Å². The standard InChI is InChI=1S/C27H26N2O4/c1-19-7-9-21-15-22(17-28-16-20-8-10-25-26(14-20)33-18-32-25)27(30)29(24(21)13-19)11-12-31-23-5-3-2-4-6-23/h2-10,13-15,28H,11-12,16-18H2,1H3. The highest BCUT2D eigenvalue weighted by atomic mass is 16.7. The van der Waals surface area contributed by atoms with E-state index in [0.717, 1.165) is 44.8 Å². The van der Waals surface area contributed by atoms with E-state index < -0.39 is 0 Å². The van der Waals surface area contributed by atoms with E-state index in [2.05, 4.69) is 23.5 Å². The van der Waals surface area contributed by atoms with Gasteiger partial charge in [0.05, 0.1) is 12.1 Å². The Morgan fingerprint density at radius 3 is 2.67 bits per heavy atom. The minimum Gasteiger partial charge on any atom is -0.492 e. The Bertz CT molecular complexity index is 1330. The highest BCUT2D eigenvalue weighted by molar-refractivity contribution is 5.80. The van der Waals surface area contributed by atoms with Crippen molar-refractivity contribution in [3.63, 3.8) is 0 Å². The molecule has 0 atom stereocenters. The highest BCUT2D eigenvalue weighted by Crippen LogP contribution is 2.32. The fourth-order valence-corrected chi connectivity index (χ4v) is 4.05. The Kier molecular flexibility index (Phi) is 6.00. The summed E-state index contributed by atoms with van der Waals surface area (Å²) in [5.41, 5.74) is 3.85. The van der Waals surface area contributed by atoms with Gasteiger partial charge in [-0.3, -0.25) is 4.79 Å². The van der Waals surface area contributed by atoms with Crippen molar-refractivity contribution < 1.29 is 14.2 Å². The van der Waals surface area contributed by atoms with E-state index in [4.69, 9.17) is 14.2 Å². The summed E-state index contributed by atoms with van der Waals surface area (Å²) in [7, 11) is 0. The number of fused-ring (bicyclic) bond motifs is 2. The molecular weight excluding hydrogens is 416 g/mol. The molecule has 0 amide bonds. The fourth-order valence-electron chi connectivity index (χ4n) is 4.05. The van der Waals surface area contributed by atoms with Gasteiger partial charge < -0.3 is 24.1 Å². The first-order valence-corrected chi connectivity index (χ1v) is 11.1. The molecule has 0 saturated heterocycles. The zero-order valence-electron chi connectivity index (χ0n) is 18.5. The zero-order valence-corrected chi connectivity index (χ0v) is 18.5. The first-order valence-electron chi connectivity index (χ1n) is 11.1. The quantitative estimate of drug-likeness (QED) is 0.438. The van der Waals surface area contributed by atoms with Crippen LogP contribution < -0.4 is 25.1 Å². The van der Waals surface area contributed by atoms with Crippen LogP contribution in [0.15, 0.2) is 77.6 Å². The molecule has 1 aromatic heterocycles. The van der Waals surface area contributed by atoms with Crippen LogP contribution in [0.3, 0.4) is 0 Å². The molecule has 0 fully saturated rings. The lowest BCUT2D eigenvalue weighted by Gasteiger charge is -2.15. The second-order valence-corrected chi connectivity index (χ2v) is 8.14. The lowest BCUT2D eigenvalue weighted by Crippen LogP contribution is -2.29. The monoisotopic (exact) mass is 442 g/mol. The number of aryl methyl sites for hydroxylation is 1. The number of para-hydroxylation sites is 1. The molecular formula is C27H26N2O4. The molecule has 0 radical (unpaired) electrons. The van der Waals surface area contributed by atoms with Crippen LogP contribution in [-0.2, 0) is 19.6 Å². The van der Waals surface area contributed by atoms with Gasteiger partial charge in [-0.15, -0.1) is 0 Å². The van der Waals surface area contributed by atoms with E-state index in [9.17, 15) is 4.79 Å². The highest BCUT2D eigenvalue weighted by Gasteiger charge is 2.14. The number of nitrogens with zero attached hydrogens (tertiary/aromatic N) is 1. The normalized spacial score (nSPS) is 12.3. The Morgan fingerprint density at radius 1 is 0.939 bits per heavy atom. The Labute approximate surface area is 192 Å². The van der Waals surface area contributed by atoms with Gasteiger partial charge in [-0.05, 0) is 59.8 Å². The molecule has 0 saturated carbocycles. The average molecular weight is 443 g/mol. The summed E-state index contributed by atoms with van der Waals surface area (Å²) in [6.45, 7) is 4.28. The molecule has 1 N–H and O–H groups in total. The van der Waals surface area contributed by atoms with Crippen molar-refractivity contribution in [3.8, 4) is 17.2 Å². The summed E-state index contributed by atoms with van der Waals surface area (Å²) in [6.07, 6.45) is 0. The lowest BCUT2D eigenvalue weighted by molar-refractivity contribution is 0.174. The molecule has 1 aliphatic heterocycles. The van der Waals surface area contributed by atoms with Gasteiger partial charge in [-0.2, -0.15) is 0 Å². The maximum Gasteiger partial charge on any atom is 0.255 e. The van der Waals surface area contributed by atoms with E-state index in [1.165, 1.54) is 0 Å². The van der Waals surface area contributed by atoms with Crippen LogP contribution >= 0.6 is 0 Å². The summed E-state index contributed by atoms with van der Waals surface area (Å²) >= 11 is 0. The maximum absolute atomic E-state index is 13.4. The lowest BCUT2D eigenvalue weighted by atomic mass is 10.1. The van der Waals surface area contributed by atoms with E-state index in [0.29, 0.717) is 26.2 Å². The van der Waals surface area contributed by atoms with Gasteiger partial charge in [0, 0.05) is 18.7 Å². The second-order valence-electron chi connectivity index (χ2n) is 8.14. The molecule has 0 spiro atoms. The predicted octanol–water partition coefficient (Wildman–Crippen LogP) is 4.41. The molecule has 0 aliphatic carbocycles. The molecule has 4 aromatic rings. The maximum atomic E-state index is 13.4. The zero-order chi connectivity index (χ0) is 22.6. The summed E-state index contributed by atoms with van der Waals surface area (Å²) in [5, 5.41) is 4.44. The first-order chi connectivity index (χ1) is 16.2. The smallest absolute Gasteiger partial charge is 0.255 e. The minimum absolute atomic E-state index is 0.00273. The first kappa shape index (κ1) is 21.1. The summed E-state index contributed by atoms with van der Waals surface area (Å²) in [4.78, 5) is 13.4. The Balaban J connectivity index is 1.34. The van der Waals surface area contributed by atoms with Crippen LogP contribution in [0.4, 0.5) is 0 Å². The average Bonchev–Trinajstić information content (AvgIpc) is 3.30. The van der Waals surface area contributed by atoms with Gasteiger partial charge in [0.1, 0.15) is 12.4 Å². The van der Waals surface area contributed by atoms with Crippen LogP contribution in [0, 0.1) is 6.92 Å². The van der Waals surface area contributed by atoms with E-state index in [1.807, 2.05) is 66.1 Å². The Hall–Kier alpha value is -3.77. The molecule has 2 heterocycles. The third-order valence-corrected chi connectivity index (χ3v) is 5.73. The molecule has 0 bridgehead atoms. The number of benzene rings is 3. The topological polar surface area (TPSA) is 61.7 Å². The van der Waals surface area contributed by atoms with Crippen molar-refractivity contribution >= 4 is 10.9 Å². The van der Waals surface area contributed by atoms with Gasteiger partial charge in [-0.1, -0.05) is 36.4 Å². The van der Waals surface area contributed by atoms with Gasteiger partial charge in [0.15, 0.2) is 11.5 Å². The number of hydrogen-bond donors (Lipinski definition) is 1. The van der Waals surface area contributed by atoms with Crippen molar-refractivity contribution in [3.05, 3.63) is 99.8 Å². The largest absolute Gasteiger partial charge is 0.492 e. The van der Waals surface area contributed by atoms with Crippen molar-refractivity contribution in [2.24, 2.45) is 0 Å². The van der Waals surface area contributed by atoms with E-state index in [1.54, 1.807) is 0 Å². The molecule has 6 nitrogen and oxygen atoms in total. The van der Waals surface area contributed by atoms with E-state index in [-0.39, 0.29) is 12.4 Å². The fraction of sp³-hybridized carbons (Fsp3) is 0.222. The van der Waals surface area contributed by atoms with Gasteiger partial charge in [-0.25, -0.2) is 0 Å². The summed E-state index contributed by atoms with van der Waals surface area (Å²) in [5.74, 6) is 2.33. The number of aromatic nitrogens is 1. The van der Waals surface area contributed by atoms with Gasteiger partial charge in [0.2, 0.25) is 6.79 Å². The van der Waals surface area contributed by atoms with Crippen molar-refractivity contribution in [2.45, 2.75) is 26.6 Å². The SMILES string of the molecule is Cc1ccc2cc(CNCc3ccc4c(c3)OCO4)c(=O)n(CCOc3ccccc3)c2c1. The van der Waals surface area contributed by atoms with Crippen molar-refractivity contribution in [2.75, 3.05) is 13.4 Å². The molecule has 5 rings (SSSR count). The number of pyridine rings is 1. The van der Waals surface area contributed by atoms with Crippen molar-refractivity contribution in [1.82, 2.24) is 9.88 Å². The van der Waals surface area contributed by atoms with Crippen LogP contribution in [0.2, 0.25) is 0 Å². The molecule has 1 aliphatic rings. The summed E-state index contributed by atoms with van der Waals surface area (Å²) in [6, 6.07) is 23.7. The molecule has 6 heteroatoms. The third kappa shape index (κ3) is 4.71. The minimum atomic E-state index is 0.00273. The van der Waals surface area contributed by atoms with Crippen LogP contribution in [0.1, 0.15) is 16.7 Å². The van der Waals surface area contributed by atoms with Crippen molar-refractivity contribution in [1.29, 1.82) is 0 Å². The number of nitrogens with one attached hydrogen (secondary N) is 1. The van der Waals surface area contributed by atoms with Gasteiger partial charge in [0.25, 0.3) is 5.56 Å². The summed E-state index contributed by atoms with van der Waals surface area (Å²) < 4.78 is 18.5. The van der Waals surface area contributed by atoms with E-state index >= 15 is 0 Å². The third-order valence-electron chi connectivity index (χ3n) is 5.73. The second kappa shape index (κ2) is 9.38. The Morgan fingerprint density at radius 2 is 1.79 bits per heavy atom. The van der Waals surface area contributed by atoms with Crippen LogP contribution in [0.5, 0.6) is 17.2 Å². The number of hydrogen-bond acceptors (Lipinski definition) is 5. The molecule has 3 aromatic carbocycles. The van der Waals surface area contributed by atoms with Crippen LogP contribution in [0.25, 0.3) is 10.9 Å².